The van der Waals surface area contributed by atoms with Crippen molar-refractivity contribution in [1.29, 1.82) is 0 Å². The second-order valence-corrected chi connectivity index (χ2v) is 5.10. The highest BCUT2D eigenvalue weighted by Gasteiger charge is 2.37. The Kier molecular flexibility index (Phi) is 1.88. The summed E-state index contributed by atoms with van der Waals surface area (Å²) >= 11 is 0. The van der Waals surface area contributed by atoms with Gasteiger partial charge in [0.15, 0.2) is 0 Å². The van der Waals surface area contributed by atoms with Crippen molar-refractivity contribution in [3.63, 3.8) is 0 Å². The molecule has 2 aromatic rings. The van der Waals surface area contributed by atoms with Crippen LogP contribution in [0.4, 0.5) is 4.39 Å². The Balaban J connectivity index is 1.93. The van der Waals surface area contributed by atoms with Crippen LogP contribution in [0.15, 0.2) is 18.2 Å². The molecular weight excluding hydrogens is 231 g/mol. The van der Waals surface area contributed by atoms with Gasteiger partial charge in [0.05, 0.1) is 6.04 Å². The van der Waals surface area contributed by atoms with Crippen LogP contribution in [-0.2, 0) is 11.2 Å². The molecule has 1 atom stereocenters. The standard InChI is InChI=1S/C14H13FN2O/c15-8-1-2-9-10-5-6-17-12(3-4-13(17)18)14(10)16-11(9)7-8/h1-2,7,12,16H,3-6H2/t12-/m1/s1. The molecule has 0 saturated carbocycles. The molecule has 1 N–H and O–H groups in total. The van der Waals surface area contributed by atoms with Crippen LogP contribution in [0.2, 0.25) is 0 Å². The zero-order chi connectivity index (χ0) is 12.3. The summed E-state index contributed by atoms with van der Waals surface area (Å²) in [5, 5.41) is 1.10. The summed E-state index contributed by atoms with van der Waals surface area (Å²) in [5.41, 5.74) is 3.23. The Hall–Kier alpha value is -1.84. The normalized spacial score (nSPS) is 22.4. The molecule has 1 fully saturated rings. The molecule has 1 saturated heterocycles. The molecule has 0 aliphatic carbocycles. The minimum Gasteiger partial charge on any atom is -0.356 e. The topological polar surface area (TPSA) is 36.1 Å². The lowest BCUT2D eigenvalue weighted by Crippen LogP contribution is -2.33. The number of hydrogen-bond donors (Lipinski definition) is 1. The molecule has 0 spiro atoms. The maximum Gasteiger partial charge on any atom is 0.223 e. The summed E-state index contributed by atoms with van der Waals surface area (Å²) in [4.78, 5) is 17.0. The van der Waals surface area contributed by atoms with Crippen LogP contribution >= 0.6 is 0 Å². The van der Waals surface area contributed by atoms with Gasteiger partial charge in [-0.1, -0.05) is 0 Å². The molecule has 4 heteroatoms. The van der Waals surface area contributed by atoms with E-state index in [0.29, 0.717) is 6.42 Å². The van der Waals surface area contributed by atoms with Crippen molar-refractivity contribution < 1.29 is 9.18 Å². The van der Waals surface area contributed by atoms with E-state index in [2.05, 4.69) is 4.98 Å². The predicted molar refractivity (Wildman–Crippen MR) is 65.6 cm³/mol. The summed E-state index contributed by atoms with van der Waals surface area (Å²) in [6.07, 6.45) is 2.37. The Bertz CT molecular complexity index is 661. The summed E-state index contributed by atoms with van der Waals surface area (Å²) in [6, 6.07) is 5.06. The van der Waals surface area contributed by atoms with E-state index in [-0.39, 0.29) is 17.8 Å². The van der Waals surface area contributed by atoms with Gasteiger partial charge in [-0.25, -0.2) is 4.39 Å². The minimum absolute atomic E-state index is 0.178. The number of carbonyl (C=O) groups excluding carboxylic acids is 1. The number of nitrogens with zero attached hydrogens (tertiary/aromatic N) is 1. The molecule has 3 heterocycles. The smallest absolute Gasteiger partial charge is 0.223 e. The van der Waals surface area contributed by atoms with Crippen molar-refractivity contribution >= 4 is 16.8 Å². The largest absolute Gasteiger partial charge is 0.356 e. The van der Waals surface area contributed by atoms with Crippen LogP contribution < -0.4 is 0 Å². The van der Waals surface area contributed by atoms with E-state index in [1.807, 2.05) is 11.0 Å². The molecule has 1 aromatic carbocycles. The third kappa shape index (κ3) is 1.20. The number of aromatic nitrogens is 1. The van der Waals surface area contributed by atoms with E-state index in [0.717, 1.165) is 36.0 Å². The predicted octanol–water partition coefficient (Wildman–Crippen LogP) is 2.53. The summed E-state index contributed by atoms with van der Waals surface area (Å²) in [7, 11) is 0. The monoisotopic (exact) mass is 244 g/mol. The average Bonchev–Trinajstić information content (AvgIpc) is 2.89. The zero-order valence-corrected chi connectivity index (χ0v) is 9.87. The Labute approximate surface area is 104 Å². The SMILES string of the molecule is O=C1CC[C@@H]2c3[nH]c4cc(F)ccc4c3CCN12. The van der Waals surface area contributed by atoms with Crippen LogP contribution in [0.1, 0.15) is 30.1 Å². The van der Waals surface area contributed by atoms with Gasteiger partial charge in [0.1, 0.15) is 5.82 Å². The highest BCUT2D eigenvalue weighted by molar-refractivity contribution is 5.87. The molecular formula is C14H13FN2O. The highest BCUT2D eigenvalue weighted by atomic mass is 19.1. The number of nitrogens with one attached hydrogen (secondary N) is 1. The number of hydrogen-bond acceptors (Lipinski definition) is 1. The molecule has 0 unspecified atom stereocenters. The lowest BCUT2D eigenvalue weighted by Gasteiger charge is -2.29. The van der Waals surface area contributed by atoms with Crippen LogP contribution in [0, 0.1) is 5.82 Å². The number of benzene rings is 1. The molecule has 18 heavy (non-hydrogen) atoms. The second-order valence-electron chi connectivity index (χ2n) is 5.10. The van der Waals surface area contributed by atoms with Gasteiger partial charge in [-0.3, -0.25) is 4.79 Å². The van der Waals surface area contributed by atoms with Crippen LogP contribution in [0.3, 0.4) is 0 Å². The first-order valence-corrected chi connectivity index (χ1v) is 6.33. The number of carbonyl (C=O) groups is 1. The summed E-state index contributed by atoms with van der Waals surface area (Å²) in [5.74, 6) is 0.0240. The van der Waals surface area contributed by atoms with Gasteiger partial charge in [-0.2, -0.15) is 0 Å². The van der Waals surface area contributed by atoms with Gasteiger partial charge in [0, 0.05) is 29.6 Å². The molecule has 92 valence electrons. The van der Waals surface area contributed by atoms with Crippen molar-refractivity contribution in [2.75, 3.05) is 6.54 Å². The first-order chi connectivity index (χ1) is 8.74. The maximum atomic E-state index is 13.2. The van der Waals surface area contributed by atoms with E-state index in [1.165, 1.54) is 17.7 Å². The number of amides is 1. The third-order valence-corrected chi connectivity index (χ3v) is 4.17. The molecule has 0 radical (unpaired) electrons. The van der Waals surface area contributed by atoms with E-state index in [4.69, 9.17) is 0 Å². The second kappa shape index (κ2) is 3.34. The number of rotatable bonds is 0. The molecule has 1 aromatic heterocycles. The summed E-state index contributed by atoms with van der Waals surface area (Å²) in [6.45, 7) is 0.792. The lowest BCUT2D eigenvalue weighted by atomic mass is 9.98. The van der Waals surface area contributed by atoms with E-state index < -0.39 is 0 Å². The highest BCUT2D eigenvalue weighted by Crippen LogP contribution is 2.40. The van der Waals surface area contributed by atoms with Gasteiger partial charge < -0.3 is 9.88 Å². The summed E-state index contributed by atoms with van der Waals surface area (Å²) < 4.78 is 13.2. The Morgan fingerprint density at radius 1 is 1.33 bits per heavy atom. The van der Waals surface area contributed by atoms with Crippen molar-refractivity contribution in [3.05, 3.63) is 35.3 Å². The van der Waals surface area contributed by atoms with E-state index >= 15 is 0 Å². The fourth-order valence-electron chi connectivity index (χ4n) is 3.35. The van der Waals surface area contributed by atoms with Gasteiger partial charge in [0.25, 0.3) is 0 Å². The fraction of sp³-hybridized carbons (Fsp3) is 0.357. The third-order valence-electron chi connectivity index (χ3n) is 4.17. The molecule has 2 aliphatic rings. The van der Waals surface area contributed by atoms with Gasteiger partial charge in [-0.15, -0.1) is 0 Å². The van der Waals surface area contributed by atoms with Gasteiger partial charge >= 0.3 is 0 Å². The number of H-pyrrole nitrogens is 1. The molecule has 1 amide bonds. The molecule has 2 aliphatic heterocycles. The first kappa shape index (κ1) is 10.1. The van der Waals surface area contributed by atoms with Crippen molar-refractivity contribution in [2.45, 2.75) is 25.3 Å². The van der Waals surface area contributed by atoms with Gasteiger partial charge in [-0.05, 0) is 36.6 Å². The van der Waals surface area contributed by atoms with Crippen molar-refractivity contribution in [2.24, 2.45) is 0 Å². The average molecular weight is 244 g/mol. The van der Waals surface area contributed by atoms with Crippen LogP contribution in [-0.4, -0.2) is 22.3 Å². The zero-order valence-electron chi connectivity index (χ0n) is 9.87. The molecule has 3 nitrogen and oxygen atoms in total. The Morgan fingerprint density at radius 3 is 3.11 bits per heavy atom. The van der Waals surface area contributed by atoms with Crippen LogP contribution in [0.25, 0.3) is 10.9 Å². The molecule has 0 bridgehead atoms. The minimum atomic E-state index is -0.222. The van der Waals surface area contributed by atoms with E-state index in [1.54, 1.807) is 0 Å². The van der Waals surface area contributed by atoms with E-state index in [9.17, 15) is 9.18 Å². The molecule has 4 rings (SSSR count). The maximum absolute atomic E-state index is 13.2. The quantitative estimate of drug-likeness (QED) is 0.759. The first-order valence-electron chi connectivity index (χ1n) is 6.33. The number of fused-ring (bicyclic) bond motifs is 5. The number of halogens is 1. The van der Waals surface area contributed by atoms with Crippen molar-refractivity contribution in [1.82, 2.24) is 9.88 Å². The van der Waals surface area contributed by atoms with Gasteiger partial charge in [0.2, 0.25) is 5.91 Å². The van der Waals surface area contributed by atoms with Crippen LogP contribution in [0.5, 0.6) is 0 Å². The number of aromatic amines is 1. The fourth-order valence-corrected chi connectivity index (χ4v) is 3.35. The lowest BCUT2D eigenvalue weighted by molar-refractivity contribution is -0.129. The van der Waals surface area contributed by atoms with Crippen molar-refractivity contribution in [3.8, 4) is 0 Å². The Morgan fingerprint density at radius 2 is 2.22 bits per heavy atom.